The van der Waals surface area contributed by atoms with Gasteiger partial charge in [0.05, 0.1) is 12.8 Å². The summed E-state index contributed by atoms with van der Waals surface area (Å²) in [7, 11) is 1.64. The molecule has 1 aliphatic carbocycles. The van der Waals surface area contributed by atoms with Crippen molar-refractivity contribution in [2.45, 2.75) is 44.9 Å². The Bertz CT molecular complexity index is 892. The van der Waals surface area contributed by atoms with Crippen LogP contribution in [0.4, 0.5) is 5.69 Å². The summed E-state index contributed by atoms with van der Waals surface area (Å²) in [5, 5.41) is 0. The minimum atomic E-state index is -0.543. The number of para-hydroxylation sites is 2. The molecular weight excluding hydrogens is 368 g/mol. The van der Waals surface area contributed by atoms with Gasteiger partial charge in [-0.1, -0.05) is 24.3 Å². The monoisotopic (exact) mass is 394 g/mol. The lowest BCUT2D eigenvalue weighted by Gasteiger charge is -2.33. The van der Waals surface area contributed by atoms with Gasteiger partial charge in [-0.2, -0.15) is 0 Å². The molecule has 2 aliphatic rings. The first-order valence-electron chi connectivity index (χ1n) is 10.1. The van der Waals surface area contributed by atoms with Gasteiger partial charge in [-0.05, 0) is 49.6 Å². The Hall–Kier alpha value is -3.02. The molecule has 6 nitrogen and oxygen atoms in total. The van der Waals surface area contributed by atoms with E-state index in [-0.39, 0.29) is 11.8 Å². The molecule has 152 valence electrons. The molecule has 0 aromatic heterocycles. The number of amides is 2. The van der Waals surface area contributed by atoms with Gasteiger partial charge in [-0.25, -0.2) is 0 Å². The van der Waals surface area contributed by atoms with Crippen LogP contribution in [0.3, 0.4) is 0 Å². The first-order valence-corrected chi connectivity index (χ1v) is 10.1. The number of rotatable bonds is 7. The van der Waals surface area contributed by atoms with E-state index in [2.05, 4.69) is 0 Å². The van der Waals surface area contributed by atoms with Gasteiger partial charge < -0.3 is 19.3 Å². The molecule has 0 radical (unpaired) electrons. The summed E-state index contributed by atoms with van der Waals surface area (Å²) in [5.41, 5.74) is 1.81. The molecule has 29 heavy (non-hydrogen) atoms. The number of fused-ring (bicyclic) bond motifs is 1. The average Bonchev–Trinajstić information content (AvgIpc) is 3.58. The highest BCUT2D eigenvalue weighted by molar-refractivity contribution is 6.00. The summed E-state index contributed by atoms with van der Waals surface area (Å²) >= 11 is 0. The molecule has 1 saturated carbocycles. The van der Waals surface area contributed by atoms with Crippen LogP contribution in [0.2, 0.25) is 0 Å². The van der Waals surface area contributed by atoms with Crippen LogP contribution in [0.15, 0.2) is 48.5 Å². The van der Waals surface area contributed by atoms with Gasteiger partial charge in [0.1, 0.15) is 11.5 Å². The molecule has 4 rings (SSSR count). The number of carbonyl (C=O) groups is 2. The third-order valence-electron chi connectivity index (χ3n) is 5.44. The molecule has 0 bridgehead atoms. The average molecular weight is 394 g/mol. The Labute approximate surface area is 171 Å². The zero-order valence-electron chi connectivity index (χ0n) is 16.8. The predicted molar refractivity (Wildman–Crippen MR) is 110 cm³/mol. The number of benzene rings is 2. The Morgan fingerprint density at radius 2 is 1.90 bits per heavy atom. The summed E-state index contributed by atoms with van der Waals surface area (Å²) in [6, 6.07) is 15.6. The van der Waals surface area contributed by atoms with Crippen molar-refractivity contribution >= 4 is 17.5 Å². The summed E-state index contributed by atoms with van der Waals surface area (Å²) in [6.07, 6.45) is 1.83. The lowest BCUT2D eigenvalue weighted by molar-refractivity contribution is -0.132. The number of methoxy groups -OCH3 is 1. The maximum absolute atomic E-state index is 13.0. The zero-order valence-corrected chi connectivity index (χ0v) is 16.8. The Morgan fingerprint density at radius 1 is 1.17 bits per heavy atom. The summed E-state index contributed by atoms with van der Waals surface area (Å²) in [4.78, 5) is 29.3. The van der Waals surface area contributed by atoms with Gasteiger partial charge in [0.15, 0.2) is 6.10 Å². The lowest BCUT2D eigenvalue weighted by Crippen LogP contribution is -2.46. The van der Waals surface area contributed by atoms with Crippen LogP contribution in [0.5, 0.6) is 11.5 Å². The molecule has 1 fully saturated rings. The molecule has 1 aliphatic heterocycles. The molecule has 0 N–H and O–H groups in total. The fourth-order valence-corrected chi connectivity index (χ4v) is 3.68. The lowest BCUT2D eigenvalue weighted by atomic mass is 10.1. The van der Waals surface area contributed by atoms with E-state index < -0.39 is 6.10 Å². The molecule has 0 spiro atoms. The second-order valence-electron chi connectivity index (χ2n) is 7.57. The van der Waals surface area contributed by atoms with Gasteiger partial charge in [0.25, 0.3) is 5.91 Å². The first-order chi connectivity index (χ1) is 14.1. The summed E-state index contributed by atoms with van der Waals surface area (Å²) < 4.78 is 10.9. The SMILES string of the molecule is COc1ccc(CN(C(=O)CCN2C(=O)C(C)Oc3ccccc32)C2CC2)cc1. The number of nitrogens with zero attached hydrogens (tertiary/aromatic N) is 2. The maximum atomic E-state index is 13.0. The Kier molecular flexibility index (Phi) is 5.43. The highest BCUT2D eigenvalue weighted by Gasteiger charge is 2.35. The second-order valence-corrected chi connectivity index (χ2v) is 7.57. The normalized spacial score (nSPS) is 18.1. The van der Waals surface area contributed by atoms with E-state index in [0.717, 1.165) is 29.8 Å². The van der Waals surface area contributed by atoms with E-state index in [0.29, 0.717) is 31.3 Å². The fraction of sp³-hybridized carbons (Fsp3) is 0.391. The van der Waals surface area contributed by atoms with E-state index in [1.807, 2.05) is 53.4 Å². The third-order valence-corrected chi connectivity index (χ3v) is 5.44. The topological polar surface area (TPSA) is 59.1 Å². The molecule has 0 saturated heterocycles. The largest absolute Gasteiger partial charge is 0.497 e. The molecular formula is C23H26N2O4. The van der Waals surface area contributed by atoms with Gasteiger partial charge in [0, 0.05) is 25.6 Å². The van der Waals surface area contributed by atoms with Crippen LogP contribution in [-0.4, -0.2) is 42.5 Å². The molecule has 2 aromatic carbocycles. The molecule has 1 heterocycles. The standard InChI is InChI=1S/C23H26N2O4/c1-16-23(27)24(20-5-3-4-6-21(20)29-16)14-13-22(26)25(18-9-10-18)15-17-7-11-19(28-2)12-8-17/h3-8,11-12,16,18H,9-10,13-15H2,1-2H3. The van der Waals surface area contributed by atoms with Crippen molar-refractivity contribution in [2.75, 3.05) is 18.6 Å². The molecule has 1 atom stereocenters. The van der Waals surface area contributed by atoms with E-state index >= 15 is 0 Å². The highest BCUT2D eigenvalue weighted by Crippen LogP contribution is 2.34. The van der Waals surface area contributed by atoms with Crippen molar-refractivity contribution in [2.24, 2.45) is 0 Å². The quantitative estimate of drug-likeness (QED) is 0.722. The van der Waals surface area contributed by atoms with Gasteiger partial charge in [0.2, 0.25) is 5.91 Å². The number of hydrogen-bond donors (Lipinski definition) is 0. The van der Waals surface area contributed by atoms with Gasteiger partial charge in [-0.15, -0.1) is 0 Å². The van der Waals surface area contributed by atoms with E-state index in [9.17, 15) is 9.59 Å². The van der Waals surface area contributed by atoms with Crippen LogP contribution in [-0.2, 0) is 16.1 Å². The Morgan fingerprint density at radius 3 is 2.59 bits per heavy atom. The van der Waals surface area contributed by atoms with Gasteiger partial charge >= 0.3 is 0 Å². The van der Waals surface area contributed by atoms with Crippen molar-refractivity contribution < 1.29 is 19.1 Å². The van der Waals surface area contributed by atoms with Crippen molar-refractivity contribution in [1.29, 1.82) is 0 Å². The number of ether oxygens (including phenoxy) is 2. The zero-order chi connectivity index (χ0) is 20.4. The number of anilines is 1. The van der Waals surface area contributed by atoms with Crippen LogP contribution < -0.4 is 14.4 Å². The minimum Gasteiger partial charge on any atom is -0.497 e. The van der Waals surface area contributed by atoms with Crippen molar-refractivity contribution in [1.82, 2.24) is 4.90 Å². The first kappa shape index (κ1) is 19.3. The minimum absolute atomic E-state index is 0.0766. The van der Waals surface area contributed by atoms with Crippen LogP contribution in [0.1, 0.15) is 31.7 Å². The van der Waals surface area contributed by atoms with Crippen molar-refractivity contribution in [3.8, 4) is 11.5 Å². The second kappa shape index (κ2) is 8.15. The van der Waals surface area contributed by atoms with E-state index in [1.165, 1.54) is 0 Å². The van der Waals surface area contributed by atoms with Crippen LogP contribution in [0, 0.1) is 0 Å². The van der Waals surface area contributed by atoms with Crippen molar-refractivity contribution in [3.63, 3.8) is 0 Å². The maximum Gasteiger partial charge on any atom is 0.267 e. The van der Waals surface area contributed by atoms with Gasteiger partial charge in [-0.3, -0.25) is 9.59 Å². The number of carbonyl (C=O) groups excluding carboxylic acids is 2. The highest BCUT2D eigenvalue weighted by atomic mass is 16.5. The predicted octanol–water partition coefficient (Wildman–Crippen LogP) is 3.39. The number of hydrogen-bond acceptors (Lipinski definition) is 4. The molecule has 6 heteroatoms. The Balaban J connectivity index is 1.44. The van der Waals surface area contributed by atoms with Crippen molar-refractivity contribution in [3.05, 3.63) is 54.1 Å². The molecule has 2 aromatic rings. The van der Waals surface area contributed by atoms with Crippen LogP contribution in [0.25, 0.3) is 0 Å². The molecule has 1 unspecified atom stereocenters. The van der Waals surface area contributed by atoms with E-state index in [4.69, 9.17) is 9.47 Å². The fourth-order valence-electron chi connectivity index (χ4n) is 3.68. The third kappa shape index (κ3) is 4.21. The van der Waals surface area contributed by atoms with Crippen LogP contribution >= 0.6 is 0 Å². The summed E-state index contributed by atoms with van der Waals surface area (Å²) in [5.74, 6) is 1.46. The van der Waals surface area contributed by atoms with E-state index in [1.54, 1.807) is 18.9 Å². The smallest absolute Gasteiger partial charge is 0.267 e. The molecule has 2 amide bonds. The summed E-state index contributed by atoms with van der Waals surface area (Å²) in [6.45, 7) is 2.68.